The van der Waals surface area contributed by atoms with E-state index in [4.69, 9.17) is 21.3 Å². The molecule has 0 unspecified atom stereocenters. The number of hydrogen-bond acceptors (Lipinski definition) is 6. The zero-order chi connectivity index (χ0) is 17.7. The Morgan fingerprint density at radius 2 is 2.12 bits per heavy atom. The van der Waals surface area contributed by atoms with Gasteiger partial charge in [0.05, 0.1) is 25.5 Å². The molecular weight excluding hydrogens is 354 g/mol. The Kier molecular flexibility index (Phi) is 3.63. The van der Waals surface area contributed by atoms with E-state index in [1.165, 1.54) is 24.7 Å². The highest BCUT2D eigenvalue weighted by Gasteiger charge is 2.41. The summed E-state index contributed by atoms with van der Waals surface area (Å²) in [7, 11) is 0. The van der Waals surface area contributed by atoms with Gasteiger partial charge in [0.25, 0.3) is 0 Å². The van der Waals surface area contributed by atoms with Crippen molar-refractivity contribution in [3.63, 3.8) is 0 Å². The number of halogens is 1. The summed E-state index contributed by atoms with van der Waals surface area (Å²) in [6, 6.07) is 3.77. The van der Waals surface area contributed by atoms with Crippen LogP contribution in [-0.2, 0) is 16.9 Å². The topological polar surface area (TPSA) is 84.6 Å². The number of imidazole rings is 1. The third-order valence-corrected chi connectivity index (χ3v) is 5.15. The fourth-order valence-corrected chi connectivity index (χ4v) is 3.45. The van der Waals surface area contributed by atoms with Gasteiger partial charge >= 0.3 is 0 Å². The standard InChI is InChI=1S/C18H18ClN5O2/c19-15-4-16(22-10-21-15)20-5-13-7-24-6-12(11-1-2-11)3-14(17(24)23-13)18(25)8-26-9-18/h3-4,6-7,10-11,25H,1-2,5,8-9H2,(H,20,21,22). The van der Waals surface area contributed by atoms with Crippen LogP contribution >= 0.6 is 11.6 Å². The van der Waals surface area contributed by atoms with Gasteiger partial charge in [-0.05, 0) is 30.4 Å². The molecule has 0 amide bonds. The van der Waals surface area contributed by atoms with Crippen LogP contribution in [0, 0.1) is 0 Å². The molecule has 7 nitrogen and oxygen atoms in total. The van der Waals surface area contributed by atoms with Gasteiger partial charge in [0, 0.05) is 24.0 Å². The molecule has 0 aromatic carbocycles. The summed E-state index contributed by atoms with van der Waals surface area (Å²) >= 11 is 5.89. The summed E-state index contributed by atoms with van der Waals surface area (Å²) < 4.78 is 7.27. The average Bonchev–Trinajstić information content (AvgIpc) is 3.37. The van der Waals surface area contributed by atoms with Gasteiger partial charge in [-0.25, -0.2) is 15.0 Å². The van der Waals surface area contributed by atoms with Gasteiger partial charge in [-0.1, -0.05) is 11.6 Å². The zero-order valence-corrected chi connectivity index (χ0v) is 14.8. The van der Waals surface area contributed by atoms with Gasteiger partial charge < -0.3 is 19.6 Å². The lowest BCUT2D eigenvalue weighted by Crippen LogP contribution is -2.46. The minimum Gasteiger partial charge on any atom is -0.380 e. The van der Waals surface area contributed by atoms with Crippen molar-refractivity contribution in [1.82, 2.24) is 19.4 Å². The van der Waals surface area contributed by atoms with Crippen molar-refractivity contribution in [3.8, 4) is 0 Å². The Morgan fingerprint density at radius 1 is 1.27 bits per heavy atom. The lowest BCUT2D eigenvalue weighted by atomic mass is 9.91. The quantitative estimate of drug-likeness (QED) is 0.670. The molecule has 0 atom stereocenters. The van der Waals surface area contributed by atoms with E-state index in [0.717, 1.165) is 16.9 Å². The Labute approximate surface area is 155 Å². The normalized spacial score (nSPS) is 18.7. The number of anilines is 1. The average molecular weight is 372 g/mol. The van der Waals surface area contributed by atoms with Gasteiger partial charge in [-0.15, -0.1) is 0 Å². The monoisotopic (exact) mass is 371 g/mol. The van der Waals surface area contributed by atoms with Crippen LogP contribution in [0.1, 0.15) is 35.6 Å². The summed E-state index contributed by atoms with van der Waals surface area (Å²) in [6.07, 6.45) is 7.94. The predicted molar refractivity (Wildman–Crippen MR) is 96.3 cm³/mol. The van der Waals surface area contributed by atoms with Gasteiger partial charge in [0.2, 0.25) is 0 Å². The first-order chi connectivity index (χ1) is 12.6. The highest BCUT2D eigenvalue weighted by atomic mass is 35.5. The molecule has 1 saturated carbocycles. The van der Waals surface area contributed by atoms with Crippen LogP contribution in [0.3, 0.4) is 0 Å². The number of fused-ring (bicyclic) bond motifs is 1. The van der Waals surface area contributed by atoms with Crippen LogP contribution in [0.5, 0.6) is 0 Å². The maximum absolute atomic E-state index is 10.8. The van der Waals surface area contributed by atoms with Crippen LogP contribution in [0.4, 0.5) is 5.82 Å². The fraction of sp³-hybridized carbons (Fsp3) is 0.389. The second-order valence-corrected chi connectivity index (χ2v) is 7.42. The lowest BCUT2D eigenvalue weighted by Gasteiger charge is -2.37. The molecule has 8 heteroatoms. The van der Waals surface area contributed by atoms with Crippen molar-refractivity contribution in [2.75, 3.05) is 18.5 Å². The molecule has 3 aromatic rings. The van der Waals surface area contributed by atoms with Crippen molar-refractivity contribution in [1.29, 1.82) is 0 Å². The summed E-state index contributed by atoms with van der Waals surface area (Å²) in [6.45, 7) is 1.13. The first-order valence-electron chi connectivity index (χ1n) is 8.64. The highest BCUT2D eigenvalue weighted by molar-refractivity contribution is 6.29. The van der Waals surface area contributed by atoms with Gasteiger partial charge in [-0.3, -0.25) is 0 Å². The predicted octanol–water partition coefficient (Wildman–Crippen LogP) is 2.49. The fourth-order valence-electron chi connectivity index (χ4n) is 3.30. The summed E-state index contributed by atoms with van der Waals surface area (Å²) in [4.78, 5) is 12.7. The van der Waals surface area contributed by atoms with E-state index in [1.807, 2.05) is 10.6 Å². The van der Waals surface area contributed by atoms with Crippen LogP contribution in [-0.4, -0.2) is 37.7 Å². The number of nitrogens with one attached hydrogen (secondary N) is 1. The molecule has 1 aliphatic heterocycles. The first-order valence-corrected chi connectivity index (χ1v) is 9.02. The molecule has 1 aliphatic carbocycles. The number of pyridine rings is 1. The SMILES string of the molecule is OC1(c2cc(C3CC3)cn3cc(CNc4cc(Cl)ncn4)nc23)COC1. The van der Waals surface area contributed by atoms with E-state index in [0.29, 0.717) is 36.6 Å². The maximum atomic E-state index is 10.8. The molecule has 1 saturated heterocycles. The molecule has 4 heterocycles. The lowest BCUT2D eigenvalue weighted by molar-refractivity contribution is -0.184. The number of hydrogen-bond donors (Lipinski definition) is 2. The van der Waals surface area contributed by atoms with Crippen LogP contribution in [0.25, 0.3) is 5.65 Å². The Hall–Kier alpha value is -2.22. The van der Waals surface area contributed by atoms with Crippen LogP contribution in [0.15, 0.2) is 30.9 Å². The second-order valence-electron chi connectivity index (χ2n) is 7.03. The smallest absolute Gasteiger partial charge is 0.143 e. The summed E-state index contributed by atoms with van der Waals surface area (Å²) in [5, 5.41) is 14.4. The van der Waals surface area contributed by atoms with Gasteiger partial charge in [0.1, 0.15) is 28.5 Å². The molecule has 0 radical (unpaired) electrons. The Morgan fingerprint density at radius 3 is 2.81 bits per heavy atom. The van der Waals surface area contributed by atoms with Crippen molar-refractivity contribution in [2.24, 2.45) is 0 Å². The van der Waals surface area contributed by atoms with E-state index >= 15 is 0 Å². The number of ether oxygens (including phenoxy) is 1. The van der Waals surface area contributed by atoms with E-state index < -0.39 is 5.60 Å². The van der Waals surface area contributed by atoms with Crippen molar-refractivity contribution >= 4 is 23.1 Å². The summed E-state index contributed by atoms with van der Waals surface area (Å²) in [5.41, 5.74) is 2.80. The van der Waals surface area contributed by atoms with E-state index in [2.05, 4.69) is 27.5 Å². The van der Waals surface area contributed by atoms with Gasteiger partial charge in [0.15, 0.2) is 0 Å². The molecule has 0 spiro atoms. The highest BCUT2D eigenvalue weighted by Crippen LogP contribution is 2.42. The van der Waals surface area contributed by atoms with Crippen molar-refractivity contribution in [2.45, 2.75) is 30.9 Å². The molecule has 2 N–H and O–H groups in total. The number of nitrogens with zero attached hydrogens (tertiary/aromatic N) is 4. The van der Waals surface area contributed by atoms with Crippen LogP contribution < -0.4 is 5.32 Å². The minimum absolute atomic E-state index is 0.316. The molecular formula is C18H18ClN5O2. The van der Waals surface area contributed by atoms with Gasteiger partial charge in [-0.2, -0.15) is 0 Å². The van der Waals surface area contributed by atoms with Crippen molar-refractivity contribution < 1.29 is 9.84 Å². The minimum atomic E-state index is -0.942. The number of aromatic nitrogens is 4. The molecule has 2 fully saturated rings. The second kappa shape index (κ2) is 5.90. The Balaban J connectivity index is 1.48. The molecule has 26 heavy (non-hydrogen) atoms. The summed E-state index contributed by atoms with van der Waals surface area (Å²) in [5.74, 6) is 1.24. The molecule has 3 aromatic heterocycles. The van der Waals surface area contributed by atoms with E-state index in [9.17, 15) is 5.11 Å². The molecule has 134 valence electrons. The third-order valence-electron chi connectivity index (χ3n) is 4.94. The van der Waals surface area contributed by atoms with E-state index in [-0.39, 0.29) is 0 Å². The number of aliphatic hydroxyl groups is 1. The molecule has 0 bridgehead atoms. The number of rotatable bonds is 5. The maximum Gasteiger partial charge on any atom is 0.143 e. The van der Waals surface area contributed by atoms with Crippen molar-refractivity contribution in [3.05, 3.63) is 52.8 Å². The third kappa shape index (κ3) is 2.82. The molecule has 2 aliphatic rings. The largest absolute Gasteiger partial charge is 0.380 e. The van der Waals surface area contributed by atoms with E-state index in [1.54, 1.807) is 6.07 Å². The Bertz CT molecular complexity index is 981. The first kappa shape index (κ1) is 16.0. The van der Waals surface area contributed by atoms with Crippen LogP contribution in [0.2, 0.25) is 5.15 Å². The zero-order valence-electron chi connectivity index (χ0n) is 14.0. The molecule has 5 rings (SSSR count).